The lowest BCUT2D eigenvalue weighted by atomic mass is 10.6. The minimum atomic E-state index is 0.328. The molecule has 0 spiro atoms. The van der Waals surface area contributed by atoms with Crippen molar-refractivity contribution >= 4 is 19.4 Å². The van der Waals surface area contributed by atoms with Gasteiger partial charge >= 0.3 is 0 Å². The van der Waals surface area contributed by atoms with Gasteiger partial charge in [0.15, 0.2) is 0 Å². The molecule has 0 bridgehead atoms. The molecule has 0 atom stereocenters. The van der Waals surface area contributed by atoms with Crippen molar-refractivity contribution in [2.45, 2.75) is 18.5 Å². The van der Waals surface area contributed by atoms with Crippen LogP contribution in [0, 0.1) is 0 Å². The van der Waals surface area contributed by atoms with Gasteiger partial charge in [-0.1, -0.05) is 18.5 Å². The van der Waals surface area contributed by atoms with Gasteiger partial charge in [-0.15, -0.1) is 0 Å². The van der Waals surface area contributed by atoms with E-state index < -0.39 is 0 Å². The Morgan fingerprint density at radius 1 is 1.29 bits per heavy atom. The molecule has 3 heteroatoms. The molecule has 0 saturated carbocycles. The molecule has 1 saturated heterocycles. The first kappa shape index (κ1) is 5.53. The SMILES string of the molecule is CN1[SiH2]CCC[SiH2]1. The van der Waals surface area contributed by atoms with Crippen molar-refractivity contribution in [3.8, 4) is 0 Å². The lowest BCUT2D eigenvalue weighted by Gasteiger charge is -2.19. The van der Waals surface area contributed by atoms with Crippen LogP contribution in [0.2, 0.25) is 12.1 Å². The number of rotatable bonds is 0. The number of hydrogen-bond donors (Lipinski definition) is 0. The van der Waals surface area contributed by atoms with Crippen LogP contribution in [0.25, 0.3) is 0 Å². The van der Waals surface area contributed by atoms with Gasteiger partial charge in [-0.2, -0.15) is 0 Å². The number of nitrogens with zero attached hydrogens (tertiary/aromatic N) is 1. The predicted molar refractivity (Wildman–Crippen MR) is 39.1 cm³/mol. The maximum Gasteiger partial charge on any atom is 0.0869 e. The van der Waals surface area contributed by atoms with Gasteiger partial charge in [0.05, 0.1) is 19.4 Å². The molecule has 1 fully saturated rings. The third-order valence-electron chi connectivity index (χ3n) is 1.58. The molecule has 1 rings (SSSR count). The van der Waals surface area contributed by atoms with Crippen molar-refractivity contribution < 1.29 is 0 Å². The van der Waals surface area contributed by atoms with E-state index in [4.69, 9.17) is 0 Å². The fraction of sp³-hybridized carbons (Fsp3) is 1.00. The summed E-state index contributed by atoms with van der Waals surface area (Å²) in [6.07, 6.45) is 1.57. The normalized spacial score (nSPS) is 32.1. The molecule has 0 N–H and O–H groups in total. The first-order valence-corrected chi connectivity index (χ1v) is 6.34. The second kappa shape index (κ2) is 2.64. The van der Waals surface area contributed by atoms with Crippen LogP contribution in [0.3, 0.4) is 0 Å². The smallest absolute Gasteiger partial charge is 0.0869 e. The van der Waals surface area contributed by atoms with Crippen LogP contribution >= 0.6 is 0 Å². The Morgan fingerprint density at radius 2 is 1.86 bits per heavy atom. The van der Waals surface area contributed by atoms with Crippen LogP contribution in [0.15, 0.2) is 0 Å². The fourth-order valence-corrected chi connectivity index (χ4v) is 6.23. The van der Waals surface area contributed by atoms with E-state index >= 15 is 0 Å². The molecular formula is C4H13NSi2. The molecule has 0 aromatic rings. The van der Waals surface area contributed by atoms with Crippen molar-refractivity contribution in [3.63, 3.8) is 0 Å². The van der Waals surface area contributed by atoms with Gasteiger partial charge in [-0.3, -0.25) is 0 Å². The molecule has 7 heavy (non-hydrogen) atoms. The molecule has 0 unspecified atom stereocenters. The topological polar surface area (TPSA) is 3.24 Å². The van der Waals surface area contributed by atoms with Crippen LogP contribution in [0.4, 0.5) is 0 Å². The van der Waals surface area contributed by atoms with Crippen LogP contribution in [0.5, 0.6) is 0 Å². The van der Waals surface area contributed by atoms with Crippen molar-refractivity contribution in [3.05, 3.63) is 0 Å². The Hall–Kier alpha value is 0.394. The fourth-order valence-electron chi connectivity index (χ4n) is 1.05. The maximum absolute atomic E-state index is 2.67. The highest BCUT2D eigenvalue weighted by Crippen LogP contribution is 2.03. The molecule has 42 valence electrons. The molecule has 0 radical (unpaired) electrons. The molecule has 0 aromatic carbocycles. The second-order valence-electron chi connectivity index (χ2n) is 2.36. The van der Waals surface area contributed by atoms with E-state index in [1.54, 1.807) is 18.5 Å². The lowest BCUT2D eigenvalue weighted by Crippen LogP contribution is -2.30. The average Bonchev–Trinajstić information content (AvgIpc) is 1.69. The van der Waals surface area contributed by atoms with Crippen molar-refractivity contribution in [2.75, 3.05) is 7.05 Å². The van der Waals surface area contributed by atoms with E-state index in [9.17, 15) is 0 Å². The highest BCUT2D eigenvalue weighted by Gasteiger charge is 2.03. The molecular weight excluding hydrogens is 118 g/mol. The van der Waals surface area contributed by atoms with E-state index in [1.807, 2.05) is 0 Å². The molecule has 0 aromatic heterocycles. The first-order chi connectivity index (χ1) is 3.39. The third-order valence-corrected chi connectivity index (χ3v) is 6.64. The quantitative estimate of drug-likeness (QED) is 0.394. The van der Waals surface area contributed by atoms with Gasteiger partial charge < -0.3 is 4.23 Å². The summed E-state index contributed by atoms with van der Waals surface area (Å²) in [5.74, 6) is 0. The molecule has 1 heterocycles. The first-order valence-electron chi connectivity index (χ1n) is 3.08. The molecule has 0 aliphatic carbocycles. The molecule has 1 aliphatic rings. The minimum Gasteiger partial charge on any atom is -0.358 e. The Balaban J connectivity index is 2.12. The van der Waals surface area contributed by atoms with Crippen LogP contribution in [-0.4, -0.2) is 30.6 Å². The highest BCUT2D eigenvalue weighted by molar-refractivity contribution is 6.51. The summed E-state index contributed by atoms with van der Waals surface area (Å²) in [5.41, 5.74) is 0. The van der Waals surface area contributed by atoms with Crippen molar-refractivity contribution in [1.82, 2.24) is 4.23 Å². The van der Waals surface area contributed by atoms with Crippen LogP contribution in [-0.2, 0) is 0 Å². The Morgan fingerprint density at radius 3 is 2.14 bits per heavy atom. The Kier molecular flexibility index (Phi) is 2.09. The summed E-state index contributed by atoms with van der Waals surface area (Å²) in [5, 5.41) is 0. The third kappa shape index (κ3) is 1.75. The zero-order valence-electron chi connectivity index (χ0n) is 4.98. The average molecular weight is 131 g/mol. The van der Waals surface area contributed by atoms with E-state index in [-0.39, 0.29) is 0 Å². The summed E-state index contributed by atoms with van der Waals surface area (Å²) in [4.78, 5) is 0. The zero-order chi connectivity index (χ0) is 5.11. The van der Waals surface area contributed by atoms with Crippen LogP contribution in [0.1, 0.15) is 6.42 Å². The highest BCUT2D eigenvalue weighted by atomic mass is 28.3. The van der Waals surface area contributed by atoms with Gasteiger partial charge in [0, 0.05) is 0 Å². The van der Waals surface area contributed by atoms with Gasteiger partial charge in [0.2, 0.25) is 0 Å². The van der Waals surface area contributed by atoms with Gasteiger partial charge in [0.1, 0.15) is 0 Å². The number of hydrogen-bond acceptors (Lipinski definition) is 1. The van der Waals surface area contributed by atoms with E-state index in [1.165, 1.54) is 0 Å². The second-order valence-corrected chi connectivity index (χ2v) is 7.73. The molecule has 0 amide bonds. The molecule has 1 aliphatic heterocycles. The van der Waals surface area contributed by atoms with Crippen molar-refractivity contribution in [1.29, 1.82) is 0 Å². The van der Waals surface area contributed by atoms with E-state index in [2.05, 4.69) is 11.3 Å². The Bertz CT molecular complexity index is 51.7. The van der Waals surface area contributed by atoms with Gasteiger partial charge in [-0.05, 0) is 7.05 Å². The zero-order valence-corrected chi connectivity index (χ0v) is 7.81. The summed E-state index contributed by atoms with van der Waals surface area (Å²) in [6, 6.07) is 3.17. The summed E-state index contributed by atoms with van der Waals surface area (Å²) >= 11 is 0. The largest absolute Gasteiger partial charge is 0.358 e. The summed E-state index contributed by atoms with van der Waals surface area (Å²) in [7, 11) is 2.97. The van der Waals surface area contributed by atoms with Crippen molar-refractivity contribution in [2.24, 2.45) is 0 Å². The predicted octanol–water partition coefficient (Wildman–Crippen LogP) is -0.674. The lowest BCUT2D eigenvalue weighted by molar-refractivity contribution is 0.783. The Labute approximate surface area is 49.9 Å². The van der Waals surface area contributed by atoms with Gasteiger partial charge in [-0.25, -0.2) is 0 Å². The van der Waals surface area contributed by atoms with E-state index in [0.717, 1.165) is 0 Å². The minimum absolute atomic E-state index is 0.328. The molecule has 1 nitrogen and oxygen atoms in total. The maximum atomic E-state index is 2.67. The van der Waals surface area contributed by atoms with E-state index in [0.29, 0.717) is 19.4 Å². The monoisotopic (exact) mass is 131 g/mol. The summed E-state index contributed by atoms with van der Waals surface area (Å²) < 4.78 is 2.67. The standard InChI is InChI=1S/C4H13NSi2/c1-5-6-3-2-4-7-5/h2-4,6-7H2,1H3. The van der Waals surface area contributed by atoms with Gasteiger partial charge in [0.25, 0.3) is 0 Å². The summed E-state index contributed by atoms with van der Waals surface area (Å²) in [6.45, 7) is 0. The van der Waals surface area contributed by atoms with Crippen LogP contribution < -0.4 is 0 Å².